The molecule has 2 atom stereocenters. The van der Waals surface area contributed by atoms with Gasteiger partial charge in [0.1, 0.15) is 0 Å². The van der Waals surface area contributed by atoms with Gasteiger partial charge in [-0.15, -0.1) is 0 Å². The van der Waals surface area contributed by atoms with Gasteiger partial charge >= 0.3 is 5.97 Å². The summed E-state index contributed by atoms with van der Waals surface area (Å²) in [5.74, 6) is -1.24. The van der Waals surface area contributed by atoms with Crippen LogP contribution in [0.4, 0.5) is 0 Å². The van der Waals surface area contributed by atoms with E-state index in [9.17, 15) is 20.0 Å². The van der Waals surface area contributed by atoms with E-state index in [1.165, 1.54) is 6.92 Å². The lowest BCUT2D eigenvalue weighted by Gasteiger charge is -2.31. The zero-order chi connectivity index (χ0) is 13.1. The van der Waals surface area contributed by atoms with Crippen molar-refractivity contribution in [3.63, 3.8) is 0 Å². The normalized spacial score (nSPS) is 21.8. The smallest absolute Gasteiger partial charge is 0.345 e. The maximum atomic E-state index is 11.8. The Hall–Kier alpha value is -1.17. The summed E-state index contributed by atoms with van der Waals surface area (Å²) in [6.45, 7) is 2.98. The first-order valence-electron chi connectivity index (χ1n) is 5.97. The van der Waals surface area contributed by atoms with Gasteiger partial charge in [0.05, 0.1) is 6.61 Å². The number of aliphatic hydroxyl groups is 1. The van der Waals surface area contributed by atoms with Crippen LogP contribution in [-0.2, 0) is 9.53 Å². The number of esters is 1. The number of rotatable bonds is 5. The highest BCUT2D eigenvalue weighted by Crippen LogP contribution is 2.37. The van der Waals surface area contributed by atoms with Gasteiger partial charge in [-0.05, 0) is 19.8 Å². The van der Waals surface area contributed by atoms with E-state index in [1.54, 1.807) is 6.92 Å². The molecular formula is C11H19NO5. The molecule has 98 valence electrons. The maximum Gasteiger partial charge on any atom is 0.345 e. The van der Waals surface area contributed by atoms with E-state index in [4.69, 9.17) is 4.74 Å². The summed E-state index contributed by atoms with van der Waals surface area (Å²) < 4.78 is 4.80. The Morgan fingerprint density at radius 3 is 2.53 bits per heavy atom. The first-order valence-corrected chi connectivity index (χ1v) is 5.97. The van der Waals surface area contributed by atoms with Crippen LogP contribution in [0.5, 0.6) is 0 Å². The summed E-state index contributed by atoms with van der Waals surface area (Å²) in [5, 5.41) is 21.3. The molecule has 0 radical (unpaired) electrons. The predicted molar refractivity (Wildman–Crippen MR) is 60.0 cm³/mol. The fraction of sp³-hybridized carbons (Fsp3) is 0.909. The molecule has 6 heteroatoms. The number of carbonyl (C=O) groups is 1. The highest BCUT2D eigenvalue weighted by atomic mass is 16.6. The van der Waals surface area contributed by atoms with Crippen molar-refractivity contribution >= 4 is 5.97 Å². The molecule has 0 bridgehead atoms. The average molecular weight is 245 g/mol. The van der Waals surface area contributed by atoms with Crippen LogP contribution < -0.4 is 0 Å². The molecule has 6 nitrogen and oxygen atoms in total. The lowest BCUT2D eigenvalue weighted by atomic mass is 9.80. The van der Waals surface area contributed by atoms with Crippen molar-refractivity contribution in [3.05, 3.63) is 10.1 Å². The first-order chi connectivity index (χ1) is 7.94. The van der Waals surface area contributed by atoms with Crippen molar-refractivity contribution in [1.82, 2.24) is 0 Å². The molecule has 0 aromatic rings. The van der Waals surface area contributed by atoms with E-state index in [2.05, 4.69) is 0 Å². The predicted octanol–water partition coefficient (Wildman–Crippen LogP) is 1.14. The molecule has 0 spiro atoms. The molecule has 0 amide bonds. The zero-order valence-electron chi connectivity index (χ0n) is 10.2. The van der Waals surface area contributed by atoms with Crippen LogP contribution >= 0.6 is 0 Å². The monoisotopic (exact) mass is 245 g/mol. The zero-order valence-corrected chi connectivity index (χ0v) is 10.2. The number of ether oxygens (including phenoxy) is 1. The lowest BCUT2D eigenvalue weighted by Crippen LogP contribution is -2.57. The Morgan fingerprint density at radius 2 is 2.12 bits per heavy atom. The van der Waals surface area contributed by atoms with Gasteiger partial charge in [-0.25, -0.2) is 4.79 Å². The van der Waals surface area contributed by atoms with Crippen LogP contribution in [0.3, 0.4) is 0 Å². The number of nitrogens with zero attached hydrogens (tertiary/aromatic N) is 1. The molecule has 1 aliphatic carbocycles. The van der Waals surface area contributed by atoms with E-state index in [0.29, 0.717) is 12.8 Å². The Labute approximate surface area is 100 Å². The number of hydrogen-bond donors (Lipinski definition) is 1. The quantitative estimate of drug-likeness (QED) is 0.445. The second-order valence-electron chi connectivity index (χ2n) is 4.49. The first kappa shape index (κ1) is 13.9. The maximum absolute atomic E-state index is 11.8. The van der Waals surface area contributed by atoms with E-state index in [0.717, 1.165) is 12.8 Å². The number of nitro groups is 1. The fourth-order valence-electron chi connectivity index (χ4n) is 2.45. The van der Waals surface area contributed by atoms with Crippen LogP contribution in [0.2, 0.25) is 0 Å². The molecule has 0 aromatic heterocycles. The van der Waals surface area contributed by atoms with E-state index >= 15 is 0 Å². The van der Waals surface area contributed by atoms with Gasteiger partial charge in [-0.2, -0.15) is 0 Å². The molecule has 1 rings (SSSR count). The molecule has 17 heavy (non-hydrogen) atoms. The highest BCUT2D eigenvalue weighted by Gasteiger charge is 2.56. The van der Waals surface area contributed by atoms with Crippen LogP contribution in [0.1, 0.15) is 39.5 Å². The van der Waals surface area contributed by atoms with Gasteiger partial charge in [0.15, 0.2) is 0 Å². The minimum Gasteiger partial charge on any atom is -0.464 e. The number of hydrogen-bond acceptors (Lipinski definition) is 5. The van der Waals surface area contributed by atoms with Crippen LogP contribution in [0.15, 0.2) is 0 Å². The fourth-order valence-corrected chi connectivity index (χ4v) is 2.45. The van der Waals surface area contributed by atoms with Crippen molar-refractivity contribution in [2.75, 3.05) is 6.61 Å². The summed E-state index contributed by atoms with van der Waals surface area (Å²) in [5.41, 5.74) is -1.99. The van der Waals surface area contributed by atoms with E-state index in [1.807, 2.05) is 0 Å². The SMILES string of the molecule is CCOC(=O)[C@](O)(C1CCCC1)[C@H](C)[N+](=O)[O-]. The second-order valence-corrected chi connectivity index (χ2v) is 4.49. The Kier molecular flexibility index (Phi) is 4.45. The largest absolute Gasteiger partial charge is 0.464 e. The third-order valence-corrected chi connectivity index (χ3v) is 3.53. The third kappa shape index (κ3) is 2.57. The van der Waals surface area contributed by atoms with Crippen molar-refractivity contribution in [1.29, 1.82) is 0 Å². The van der Waals surface area contributed by atoms with Gasteiger partial charge < -0.3 is 9.84 Å². The molecule has 0 heterocycles. The minimum atomic E-state index is -1.99. The molecule has 1 saturated carbocycles. The lowest BCUT2D eigenvalue weighted by molar-refractivity contribution is -0.540. The topological polar surface area (TPSA) is 89.7 Å². The summed E-state index contributed by atoms with van der Waals surface area (Å²) in [6, 6.07) is -1.34. The molecule has 0 aliphatic heterocycles. The average Bonchev–Trinajstić information content (AvgIpc) is 2.80. The molecule has 0 saturated heterocycles. The van der Waals surface area contributed by atoms with Crippen molar-refractivity contribution in [3.8, 4) is 0 Å². The second kappa shape index (κ2) is 5.44. The van der Waals surface area contributed by atoms with Gasteiger partial charge in [0, 0.05) is 17.8 Å². The van der Waals surface area contributed by atoms with Gasteiger partial charge in [0.25, 0.3) is 0 Å². The van der Waals surface area contributed by atoms with E-state index < -0.39 is 22.5 Å². The standard InChI is InChI=1S/C11H19NO5/c1-3-17-10(13)11(14,8(2)12(15)16)9-6-4-5-7-9/h8-9,14H,3-7H2,1-2H3/t8-,11+/m0/s1. The van der Waals surface area contributed by atoms with Crippen molar-refractivity contribution in [2.45, 2.75) is 51.2 Å². The molecule has 1 fully saturated rings. The molecule has 0 unspecified atom stereocenters. The third-order valence-electron chi connectivity index (χ3n) is 3.53. The van der Waals surface area contributed by atoms with Crippen molar-refractivity contribution in [2.24, 2.45) is 5.92 Å². The van der Waals surface area contributed by atoms with Gasteiger partial charge in [-0.1, -0.05) is 12.8 Å². The molecule has 0 aromatic carbocycles. The van der Waals surface area contributed by atoms with Crippen LogP contribution in [0, 0.1) is 16.0 Å². The molecule has 1 N–H and O–H groups in total. The van der Waals surface area contributed by atoms with Crippen molar-refractivity contribution < 1.29 is 19.6 Å². The number of carbonyl (C=O) groups excluding carboxylic acids is 1. The Balaban J connectivity index is 2.97. The van der Waals surface area contributed by atoms with E-state index in [-0.39, 0.29) is 12.5 Å². The summed E-state index contributed by atoms with van der Waals surface area (Å²) in [4.78, 5) is 22.1. The minimum absolute atomic E-state index is 0.109. The van der Waals surface area contributed by atoms with Crippen LogP contribution in [0.25, 0.3) is 0 Å². The summed E-state index contributed by atoms with van der Waals surface area (Å²) in [7, 11) is 0. The summed E-state index contributed by atoms with van der Waals surface area (Å²) in [6.07, 6.45) is 3.04. The van der Waals surface area contributed by atoms with Gasteiger partial charge in [0.2, 0.25) is 11.6 Å². The van der Waals surface area contributed by atoms with Gasteiger partial charge in [-0.3, -0.25) is 10.1 Å². The summed E-state index contributed by atoms with van der Waals surface area (Å²) >= 11 is 0. The highest BCUT2D eigenvalue weighted by molar-refractivity contribution is 5.80. The van der Waals surface area contributed by atoms with Crippen LogP contribution in [-0.4, -0.2) is 34.2 Å². The Morgan fingerprint density at radius 1 is 1.59 bits per heavy atom. The molecule has 1 aliphatic rings. The molecular weight excluding hydrogens is 226 g/mol. The Bertz CT molecular complexity index is 300.